The van der Waals surface area contributed by atoms with Crippen LogP contribution in [0.25, 0.3) is 5.31 Å². The van der Waals surface area contributed by atoms with E-state index in [2.05, 4.69) is 21.0 Å². The lowest BCUT2D eigenvalue weighted by Gasteiger charge is -2.29. The van der Waals surface area contributed by atoms with Crippen LogP contribution in [0.15, 0.2) is 70.4 Å². The van der Waals surface area contributed by atoms with Crippen LogP contribution in [-0.2, 0) is 14.1 Å². The zero-order valence-corrected chi connectivity index (χ0v) is 18.8. The third-order valence-corrected chi connectivity index (χ3v) is 9.94. The van der Waals surface area contributed by atoms with E-state index in [1.54, 1.807) is 18.1 Å². The molecule has 1 aliphatic rings. The number of ether oxygens (including phenoxy) is 1. The Morgan fingerprint density at radius 1 is 1.14 bits per heavy atom. The maximum absolute atomic E-state index is 14.1. The van der Waals surface area contributed by atoms with Crippen molar-refractivity contribution in [2.45, 2.75) is 13.8 Å². The van der Waals surface area contributed by atoms with Crippen LogP contribution in [0.3, 0.4) is 0 Å². The summed E-state index contributed by atoms with van der Waals surface area (Å²) < 4.78 is 20.2. The van der Waals surface area contributed by atoms with E-state index in [4.69, 9.17) is 4.74 Å². The first-order valence-electron chi connectivity index (χ1n) is 8.83. The quantitative estimate of drug-likeness (QED) is 0.366. The van der Waals surface area contributed by atoms with Gasteiger partial charge in [0.15, 0.2) is 0 Å². The van der Waals surface area contributed by atoms with Gasteiger partial charge in [-0.1, -0.05) is 64.6 Å². The first kappa shape index (κ1) is 20.9. The van der Waals surface area contributed by atoms with Crippen molar-refractivity contribution in [3.63, 3.8) is 0 Å². The lowest BCUT2D eigenvalue weighted by molar-refractivity contribution is -0.134. The fraction of sp³-hybridized carbons (Fsp3) is 0.200. The van der Waals surface area contributed by atoms with Gasteiger partial charge in [-0.25, -0.2) is 9.80 Å². The average Bonchev–Trinajstić information content (AvgIpc) is 2.70. The summed E-state index contributed by atoms with van der Waals surface area (Å²) in [5, 5.41) is 6.62. The lowest BCUT2D eigenvalue weighted by atomic mass is 10.2. The molecule has 0 aromatic heterocycles. The van der Waals surface area contributed by atoms with Crippen LogP contribution < -0.4 is 5.01 Å². The molecule has 0 unspecified atom stereocenters. The van der Waals surface area contributed by atoms with Crippen LogP contribution in [0.1, 0.15) is 19.4 Å². The Kier molecular flexibility index (Phi) is 6.81. The minimum atomic E-state index is -3.31. The number of hydrogen-bond donors (Lipinski definition) is 0. The Labute approximate surface area is 177 Å². The van der Waals surface area contributed by atoms with Crippen LogP contribution in [0.4, 0.5) is 5.69 Å². The molecule has 0 bridgehead atoms. The van der Waals surface area contributed by atoms with Crippen LogP contribution in [-0.4, -0.2) is 23.8 Å². The Bertz CT molecular complexity index is 961. The average molecular weight is 479 g/mol. The molecule has 2 aromatic rings. The number of rotatable bonds is 6. The molecule has 1 heterocycles. The van der Waals surface area contributed by atoms with E-state index in [1.165, 1.54) is 11.4 Å². The maximum atomic E-state index is 14.1. The molecule has 3 rings (SSSR count). The van der Waals surface area contributed by atoms with Crippen molar-refractivity contribution in [3.05, 3.63) is 70.8 Å². The summed E-state index contributed by atoms with van der Waals surface area (Å²) in [5.41, 5.74) is 1.52. The van der Waals surface area contributed by atoms with Crippen molar-refractivity contribution in [2.24, 2.45) is 5.10 Å². The van der Waals surface area contributed by atoms with Gasteiger partial charge in [0.05, 0.1) is 17.6 Å². The van der Waals surface area contributed by atoms with Crippen molar-refractivity contribution in [1.82, 2.24) is 0 Å². The van der Waals surface area contributed by atoms with Crippen LogP contribution in [0, 0.1) is 0 Å². The number of hydrazone groups is 1. The third kappa shape index (κ3) is 4.27. The molecule has 2 aromatic carbocycles. The summed E-state index contributed by atoms with van der Waals surface area (Å²) in [5.74, 6) is -0.0616. The fourth-order valence-electron chi connectivity index (χ4n) is 2.74. The number of halogens is 1. The lowest BCUT2D eigenvalue weighted by Crippen LogP contribution is -2.25. The van der Waals surface area contributed by atoms with Crippen LogP contribution >= 0.6 is 33.7 Å². The van der Waals surface area contributed by atoms with Gasteiger partial charge < -0.3 is 4.74 Å². The van der Waals surface area contributed by atoms with Gasteiger partial charge in [0.2, 0.25) is 11.8 Å². The predicted octanol–water partition coefficient (Wildman–Crippen LogP) is 6.18. The van der Waals surface area contributed by atoms with Crippen LogP contribution in [0.5, 0.6) is 0 Å². The van der Waals surface area contributed by atoms with Gasteiger partial charge in [-0.3, -0.25) is 4.57 Å². The normalized spacial score (nSPS) is 19.0. The fourth-order valence-corrected chi connectivity index (χ4v) is 7.80. The molecule has 0 aliphatic carbocycles. The van der Waals surface area contributed by atoms with Crippen molar-refractivity contribution in [2.75, 3.05) is 17.4 Å². The van der Waals surface area contributed by atoms with Gasteiger partial charge in [0.25, 0.3) is 0 Å². The summed E-state index contributed by atoms with van der Waals surface area (Å²) in [6, 6.07) is 17.0. The number of benzene rings is 2. The second kappa shape index (κ2) is 9.12. The van der Waals surface area contributed by atoms with Gasteiger partial charge in [0.1, 0.15) is 0 Å². The molecule has 1 atom stereocenters. The Morgan fingerprint density at radius 2 is 1.82 bits per heavy atom. The molecule has 0 saturated carbocycles. The molecule has 0 saturated heterocycles. The van der Waals surface area contributed by atoms with Gasteiger partial charge in [0, 0.05) is 10.7 Å². The number of esters is 1. The molecule has 28 heavy (non-hydrogen) atoms. The highest BCUT2D eigenvalue weighted by Gasteiger charge is 2.43. The number of hydrogen-bond acceptors (Lipinski definition) is 6. The SMILES string of the molecule is CCOC(=O)C1=NN(c2ccc(Br)cc2)C=C(c2ccccc2)[P@]1(=O)SCC. The van der Waals surface area contributed by atoms with E-state index in [9.17, 15) is 9.36 Å². The molecule has 5 nitrogen and oxygen atoms in total. The number of carbonyl (C=O) groups excluding carboxylic acids is 1. The first-order chi connectivity index (χ1) is 13.5. The van der Waals surface area contributed by atoms with E-state index < -0.39 is 12.3 Å². The molecule has 8 heteroatoms. The zero-order chi connectivity index (χ0) is 20.1. The summed E-state index contributed by atoms with van der Waals surface area (Å²) in [7, 11) is 0. The van der Waals surface area contributed by atoms with E-state index in [0.717, 1.165) is 15.7 Å². The smallest absolute Gasteiger partial charge is 0.363 e. The first-order valence-corrected chi connectivity index (χ1v) is 12.9. The Hall–Kier alpha value is -1.82. The molecule has 1 aliphatic heterocycles. The topological polar surface area (TPSA) is 59.0 Å². The van der Waals surface area contributed by atoms with Crippen LogP contribution in [0.2, 0.25) is 0 Å². The molecule has 0 spiro atoms. The van der Waals surface area contributed by atoms with E-state index >= 15 is 0 Å². The predicted molar refractivity (Wildman–Crippen MR) is 121 cm³/mol. The van der Waals surface area contributed by atoms with Crippen molar-refractivity contribution in [3.8, 4) is 0 Å². The summed E-state index contributed by atoms with van der Waals surface area (Å²) in [6.45, 7) is 3.83. The standard InChI is InChI=1S/C20H20BrN2O3PS/c1-3-26-20(24)19-22-23(17-12-10-16(21)11-13-17)14-18(27(19,25)28-4-2)15-8-6-5-7-9-15/h5-14H,3-4H2,1-2H3/t27-/m0/s1. The monoisotopic (exact) mass is 478 g/mol. The van der Waals surface area contributed by atoms with Gasteiger partial charge >= 0.3 is 5.97 Å². The zero-order valence-electron chi connectivity index (χ0n) is 15.5. The molecule has 0 fully saturated rings. The number of nitrogens with zero attached hydrogens (tertiary/aromatic N) is 2. The highest BCUT2D eigenvalue weighted by molar-refractivity contribution is 9.10. The summed E-state index contributed by atoms with van der Waals surface area (Å²) >= 11 is 4.66. The number of anilines is 1. The minimum absolute atomic E-state index is 0.0366. The highest BCUT2D eigenvalue weighted by Crippen LogP contribution is 2.70. The Balaban J connectivity index is 2.19. The minimum Gasteiger partial charge on any atom is -0.461 e. The molecular formula is C20H20BrN2O3PS. The molecular weight excluding hydrogens is 459 g/mol. The maximum Gasteiger partial charge on any atom is 0.363 e. The number of carbonyl (C=O) groups is 1. The summed E-state index contributed by atoms with van der Waals surface area (Å²) in [4.78, 5) is 12.7. The van der Waals surface area contributed by atoms with Gasteiger partial charge in [-0.2, -0.15) is 5.10 Å². The van der Waals surface area contributed by atoms with Crippen molar-refractivity contribution in [1.29, 1.82) is 0 Å². The summed E-state index contributed by atoms with van der Waals surface area (Å²) in [6.07, 6.45) is -1.55. The second-order valence-electron chi connectivity index (χ2n) is 5.81. The third-order valence-electron chi connectivity index (χ3n) is 3.97. The highest BCUT2D eigenvalue weighted by atomic mass is 79.9. The molecule has 146 valence electrons. The van der Waals surface area contributed by atoms with E-state index in [0.29, 0.717) is 11.1 Å². The largest absolute Gasteiger partial charge is 0.461 e. The van der Waals surface area contributed by atoms with Crippen molar-refractivity contribution < 1.29 is 14.1 Å². The van der Waals surface area contributed by atoms with Gasteiger partial charge in [-0.15, -0.1) is 0 Å². The van der Waals surface area contributed by atoms with Gasteiger partial charge in [-0.05, 0) is 42.5 Å². The Morgan fingerprint density at radius 3 is 2.43 bits per heavy atom. The van der Waals surface area contributed by atoms with Crippen molar-refractivity contribution >= 4 is 56.1 Å². The molecule has 0 radical (unpaired) electrons. The van der Waals surface area contributed by atoms with E-state index in [-0.39, 0.29) is 12.1 Å². The molecule has 0 amide bonds. The van der Waals surface area contributed by atoms with E-state index in [1.807, 2.05) is 61.5 Å². The second-order valence-corrected chi connectivity index (χ2v) is 11.9. The molecule has 0 N–H and O–H groups in total.